The van der Waals surface area contributed by atoms with Gasteiger partial charge in [-0.15, -0.1) is 0 Å². The summed E-state index contributed by atoms with van der Waals surface area (Å²) < 4.78 is 124. The first-order valence-electron chi connectivity index (χ1n) is 11.2. The van der Waals surface area contributed by atoms with Crippen LogP contribution in [0, 0.1) is 0 Å². The van der Waals surface area contributed by atoms with Crippen molar-refractivity contribution in [3.05, 3.63) is 105 Å². The monoisotopic (exact) mass is 650 g/mol. The largest absolute Gasteiger partial charge is 0.522 e. The maximum atomic E-state index is 11.1. The molecule has 2 aromatic carbocycles. The summed E-state index contributed by atoms with van der Waals surface area (Å²) in [6.07, 6.45) is -11.9. The van der Waals surface area contributed by atoms with E-state index in [4.69, 9.17) is 13.0 Å². The highest BCUT2D eigenvalue weighted by Crippen LogP contribution is 2.35. The number of fused-ring (bicyclic) bond motifs is 3. The molecule has 2 heterocycles. The topological polar surface area (TPSA) is 54.4 Å². The molecule has 1 N–H and O–H groups in total. The van der Waals surface area contributed by atoms with Gasteiger partial charge in [0.1, 0.15) is 0 Å². The zero-order valence-electron chi connectivity index (χ0n) is 20.7. The summed E-state index contributed by atoms with van der Waals surface area (Å²) in [6, 6.07) is 25.4. The fourth-order valence-electron chi connectivity index (χ4n) is 2.82. The molecule has 15 heteroatoms. The number of benzene rings is 2. The van der Waals surface area contributed by atoms with Crippen LogP contribution >= 0.6 is 22.7 Å². The lowest BCUT2D eigenvalue weighted by atomic mass is 10.1. The van der Waals surface area contributed by atoms with E-state index in [1.807, 2.05) is 45.8 Å². The first-order valence-corrected chi connectivity index (χ1v) is 14.5. The standard InChI is InChI=1S/C13H10.C4H4F6.2C4H4S.CHF3O3S/c1-3-7-12-10(5-1)9-11-6-2-4-8-13(11)12;5-3(6,7)1-2-4(8,9)10;2*1-2-4-5-3-1;2-1(3,4)8(5,6)7/h1-8H,9H2;1-2H2;2*1-4H;(H,5,6,7). The lowest BCUT2D eigenvalue weighted by molar-refractivity contribution is -0.183. The second kappa shape index (κ2) is 16.5. The van der Waals surface area contributed by atoms with E-state index in [-0.39, 0.29) is 0 Å². The Morgan fingerprint density at radius 3 is 1.10 bits per heavy atom. The molecule has 2 aromatic heterocycles. The van der Waals surface area contributed by atoms with Crippen LogP contribution in [0.25, 0.3) is 11.1 Å². The predicted molar refractivity (Wildman–Crippen MR) is 142 cm³/mol. The van der Waals surface area contributed by atoms with E-state index in [1.165, 1.54) is 22.3 Å². The highest BCUT2D eigenvalue weighted by Gasteiger charge is 2.44. The van der Waals surface area contributed by atoms with Crippen LogP contribution in [0.2, 0.25) is 0 Å². The van der Waals surface area contributed by atoms with Crippen molar-refractivity contribution in [3.8, 4) is 11.1 Å². The predicted octanol–water partition coefficient (Wildman–Crippen LogP) is 10.0. The third kappa shape index (κ3) is 16.2. The van der Waals surface area contributed by atoms with Crippen molar-refractivity contribution in [1.29, 1.82) is 0 Å². The van der Waals surface area contributed by atoms with E-state index in [9.17, 15) is 39.5 Å². The van der Waals surface area contributed by atoms with Gasteiger partial charge in [-0.25, -0.2) is 0 Å². The van der Waals surface area contributed by atoms with E-state index in [0.717, 1.165) is 6.42 Å². The molecule has 4 aromatic rings. The molecule has 0 fully saturated rings. The summed E-state index contributed by atoms with van der Waals surface area (Å²) >= 11 is 3.43. The van der Waals surface area contributed by atoms with Crippen LogP contribution in [0.5, 0.6) is 0 Å². The molecule has 0 saturated heterocycles. The Morgan fingerprint density at radius 1 is 0.585 bits per heavy atom. The van der Waals surface area contributed by atoms with Crippen molar-refractivity contribution >= 4 is 32.8 Å². The van der Waals surface area contributed by atoms with Crippen LogP contribution < -0.4 is 0 Å². The number of rotatable bonds is 1. The molecule has 0 aliphatic heterocycles. The molecule has 3 nitrogen and oxygen atoms in total. The Hall–Kier alpha value is -2.88. The van der Waals surface area contributed by atoms with Crippen molar-refractivity contribution in [3.63, 3.8) is 0 Å². The van der Waals surface area contributed by atoms with Crippen molar-refractivity contribution in [2.45, 2.75) is 37.1 Å². The molecule has 41 heavy (non-hydrogen) atoms. The summed E-state index contributed by atoms with van der Waals surface area (Å²) in [5, 5.41) is 8.17. The molecule has 0 atom stereocenters. The molecule has 0 spiro atoms. The number of thiophene rings is 2. The van der Waals surface area contributed by atoms with Crippen LogP contribution in [0.3, 0.4) is 0 Å². The number of hydrogen-bond donors (Lipinski definition) is 1. The smallest absolute Gasteiger partial charge is 0.279 e. The Labute approximate surface area is 238 Å². The molecular weight excluding hydrogens is 627 g/mol. The first-order chi connectivity index (χ1) is 18.9. The number of halogens is 9. The fourth-order valence-corrected chi connectivity index (χ4v) is 3.72. The second-order valence-electron chi connectivity index (χ2n) is 7.73. The summed E-state index contributed by atoms with van der Waals surface area (Å²) in [6.45, 7) is 0. The molecular formula is C26H23F9O3S3. The average Bonchev–Trinajstić information content (AvgIpc) is 3.66. The van der Waals surface area contributed by atoms with Crippen LogP contribution in [-0.2, 0) is 16.5 Å². The Bertz CT molecular complexity index is 1230. The highest BCUT2D eigenvalue weighted by molar-refractivity contribution is 7.86. The first kappa shape index (κ1) is 36.1. The molecule has 0 amide bonds. The summed E-state index contributed by atoms with van der Waals surface area (Å²) in [5.74, 6) is 0. The number of alkyl halides is 9. The molecule has 1 aliphatic rings. The molecule has 0 bridgehead atoms. The summed E-state index contributed by atoms with van der Waals surface area (Å²) in [4.78, 5) is 0. The van der Waals surface area contributed by atoms with Crippen molar-refractivity contribution in [2.75, 3.05) is 0 Å². The minimum atomic E-state index is -5.84. The van der Waals surface area contributed by atoms with Crippen LogP contribution in [0.15, 0.2) is 94.3 Å². The van der Waals surface area contributed by atoms with Gasteiger partial charge in [0.25, 0.3) is 0 Å². The van der Waals surface area contributed by atoms with Crippen molar-refractivity contribution < 1.29 is 52.5 Å². The quantitative estimate of drug-likeness (QED) is 0.112. The normalized spacial score (nSPS) is 12.0. The molecule has 226 valence electrons. The van der Waals surface area contributed by atoms with Gasteiger partial charge in [0.05, 0.1) is 12.8 Å². The van der Waals surface area contributed by atoms with Gasteiger partial charge in [0.15, 0.2) is 0 Å². The molecule has 0 saturated carbocycles. The maximum absolute atomic E-state index is 11.1. The van der Waals surface area contributed by atoms with E-state index in [2.05, 4.69) is 48.5 Å². The van der Waals surface area contributed by atoms with Crippen LogP contribution in [-0.4, -0.2) is 30.8 Å². The van der Waals surface area contributed by atoms with Gasteiger partial charge in [0.2, 0.25) is 0 Å². The summed E-state index contributed by atoms with van der Waals surface area (Å²) in [5.41, 5.74) is 0.219. The third-order valence-corrected chi connectivity index (χ3v) is 6.38. The van der Waals surface area contributed by atoms with Gasteiger partial charge >= 0.3 is 28.0 Å². The van der Waals surface area contributed by atoms with E-state index < -0.39 is 40.8 Å². The Balaban J connectivity index is 0.000000270. The van der Waals surface area contributed by atoms with Gasteiger partial charge < -0.3 is 0 Å². The molecule has 1 aliphatic carbocycles. The van der Waals surface area contributed by atoms with Gasteiger partial charge in [-0.3, -0.25) is 4.55 Å². The minimum absolute atomic E-state index is 1.10. The maximum Gasteiger partial charge on any atom is 0.522 e. The SMILES string of the molecule is FC(F)(F)CCC(F)(F)F.O=S(=O)(O)C(F)(F)F.c1ccc2c(c1)Cc1ccccc1-2.c1ccsc1.c1ccsc1. The Kier molecular flexibility index (Phi) is 14.6. The van der Waals surface area contributed by atoms with Crippen LogP contribution in [0.1, 0.15) is 24.0 Å². The minimum Gasteiger partial charge on any atom is -0.279 e. The highest BCUT2D eigenvalue weighted by atomic mass is 32.2. The molecule has 5 rings (SSSR count). The second-order valence-corrected chi connectivity index (χ2v) is 10.8. The lowest BCUT2D eigenvalue weighted by Crippen LogP contribution is -2.21. The lowest BCUT2D eigenvalue weighted by Gasteiger charge is -2.07. The summed E-state index contributed by atoms with van der Waals surface area (Å²) in [7, 11) is -5.84. The Morgan fingerprint density at radius 2 is 0.878 bits per heavy atom. The van der Waals surface area contributed by atoms with Gasteiger partial charge in [-0.1, -0.05) is 72.8 Å². The van der Waals surface area contributed by atoms with E-state index in [0.29, 0.717) is 0 Å². The van der Waals surface area contributed by atoms with Gasteiger partial charge in [0, 0.05) is 0 Å². The molecule has 0 unspecified atom stereocenters. The van der Waals surface area contributed by atoms with Gasteiger partial charge in [-0.05, 0) is 50.2 Å². The van der Waals surface area contributed by atoms with Crippen molar-refractivity contribution in [2.24, 2.45) is 0 Å². The zero-order valence-corrected chi connectivity index (χ0v) is 23.2. The van der Waals surface area contributed by atoms with E-state index >= 15 is 0 Å². The van der Waals surface area contributed by atoms with Crippen molar-refractivity contribution in [1.82, 2.24) is 0 Å². The van der Waals surface area contributed by atoms with E-state index in [1.54, 1.807) is 22.7 Å². The third-order valence-electron chi connectivity index (χ3n) is 4.54. The zero-order chi connectivity index (χ0) is 31.2. The van der Waals surface area contributed by atoms with Gasteiger partial charge in [-0.2, -0.15) is 70.6 Å². The number of hydrogen-bond acceptors (Lipinski definition) is 4. The fraction of sp³-hybridized carbons (Fsp3) is 0.231. The van der Waals surface area contributed by atoms with Crippen LogP contribution in [0.4, 0.5) is 39.5 Å². The average molecular weight is 651 g/mol. The molecule has 0 radical (unpaired) electrons.